The van der Waals surface area contributed by atoms with E-state index in [1.807, 2.05) is 0 Å². The predicted octanol–water partition coefficient (Wildman–Crippen LogP) is 1.83. The Bertz CT molecular complexity index is 574. The number of nitrogens with zero attached hydrogens (tertiary/aromatic N) is 2. The van der Waals surface area contributed by atoms with Gasteiger partial charge in [0, 0.05) is 25.8 Å². The zero-order chi connectivity index (χ0) is 15.1. The lowest BCUT2D eigenvalue weighted by atomic mass is 10.2. The topological polar surface area (TPSA) is 69.4 Å². The largest absolute Gasteiger partial charge is 0.487 e. The second-order valence-electron chi connectivity index (χ2n) is 4.51. The molecule has 0 saturated heterocycles. The predicted molar refractivity (Wildman–Crippen MR) is 73.3 cm³/mol. The maximum Gasteiger partial charge on any atom is 0.145 e. The molecule has 114 valence electrons. The molecular formula is C14H18FN3O3. The molecule has 0 saturated carbocycles. The van der Waals surface area contributed by atoms with Crippen LogP contribution in [0.5, 0.6) is 5.75 Å². The van der Waals surface area contributed by atoms with Crippen molar-refractivity contribution < 1.29 is 18.5 Å². The van der Waals surface area contributed by atoms with Crippen LogP contribution in [-0.2, 0) is 17.9 Å². The van der Waals surface area contributed by atoms with Crippen LogP contribution in [0.1, 0.15) is 17.0 Å². The van der Waals surface area contributed by atoms with Crippen LogP contribution in [-0.4, -0.2) is 30.6 Å². The number of methoxy groups -OCH3 is 1. The number of ether oxygens (including phenoxy) is 2. The monoisotopic (exact) mass is 295 g/mol. The molecule has 7 heteroatoms. The van der Waals surface area contributed by atoms with Crippen LogP contribution in [0, 0.1) is 12.7 Å². The average Bonchev–Trinajstić information content (AvgIpc) is 2.88. The van der Waals surface area contributed by atoms with Crippen molar-refractivity contribution in [1.82, 2.24) is 15.6 Å². The van der Waals surface area contributed by atoms with Crippen molar-refractivity contribution in [2.24, 2.45) is 0 Å². The van der Waals surface area contributed by atoms with Crippen molar-refractivity contribution in [2.75, 3.05) is 20.3 Å². The summed E-state index contributed by atoms with van der Waals surface area (Å²) >= 11 is 0. The number of nitrogens with one attached hydrogen (secondary N) is 1. The molecule has 0 bridgehead atoms. The van der Waals surface area contributed by atoms with Gasteiger partial charge in [-0.25, -0.2) is 9.02 Å². The third kappa shape index (κ3) is 4.51. The lowest BCUT2D eigenvalue weighted by Crippen LogP contribution is -2.19. The second kappa shape index (κ2) is 7.70. The van der Waals surface area contributed by atoms with Crippen LogP contribution in [0.25, 0.3) is 0 Å². The summed E-state index contributed by atoms with van der Waals surface area (Å²) in [5, 5.41) is 10.6. The second-order valence-corrected chi connectivity index (χ2v) is 4.51. The average molecular weight is 295 g/mol. The number of benzene rings is 1. The zero-order valence-corrected chi connectivity index (χ0v) is 12.1. The Morgan fingerprint density at radius 1 is 1.33 bits per heavy atom. The maximum absolute atomic E-state index is 13.4. The van der Waals surface area contributed by atoms with Crippen molar-refractivity contribution in [2.45, 2.75) is 20.1 Å². The van der Waals surface area contributed by atoms with Crippen LogP contribution >= 0.6 is 0 Å². The van der Waals surface area contributed by atoms with Gasteiger partial charge in [0.15, 0.2) is 0 Å². The third-order valence-corrected chi connectivity index (χ3v) is 2.93. The van der Waals surface area contributed by atoms with Gasteiger partial charge >= 0.3 is 0 Å². The molecule has 0 aliphatic rings. The Hall–Kier alpha value is -1.99. The fourth-order valence-corrected chi connectivity index (χ4v) is 1.75. The van der Waals surface area contributed by atoms with Gasteiger partial charge < -0.3 is 14.8 Å². The molecule has 6 nitrogen and oxygen atoms in total. The molecule has 1 N–H and O–H groups in total. The van der Waals surface area contributed by atoms with E-state index in [1.165, 1.54) is 12.1 Å². The van der Waals surface area contributed by atoms with Crippen LogP contribution < -0.4 is 10.1 Å². The van der Waals surface area contributed by atoms with E-state index >= 15 is 0 Å². The Morgan fingerprint density at radius 3 is 2.90 bits per heavy atom. The highest BCUT2D eigenvalue weighted by atomic mass is 19.1. The molecule has 0 fully saturated rings. The van der Waals surface area contributed by atoms with Crippen LogP contribution in [0.15, 0.2) is 22.8 Å². The molecule has 0 spiro atoms. The van der Waals surface area contributed by atoms with Crippen molar-refractivity contribution in [1.29, 1.82) is 0 Å². The fourth-order valence-electron chi connectivity index (χ4n) is 1.75. The van der Waals surface area contributed by atoms with E-state index in [2.05, 4.69) is 20.3 Å². The minimum Gasteiger partial charge on any atom is -0.487 e. The Balaban J connectivity index is 1.99. The summed E-state index contributed by atoms with van der Waals surface area (Å²) in [7, 11) is 1.63. The number of halogens is 1. The Labute approximate surface area is 122 Å². The van der Waals surface area contributed by atoms with Crippen molar-refractivity contribution in [3.05, 3.63) is 41.0 Å². The summed E-state index contributed by atoms with van der Waals surface area (Å²) < 4.78 is 28.6. The summed E-state index contributed by atoms with van der Waals surface area (Å²) in [6, 6.07) is 4.41. The molecule has 0 atom stereocenters. The van der Waals surface area contributed by atoms with Gasteiger partial charge in [-0.1, -0.05) is 10.3 Å². The number of hydrogen-bond acceptors (Lipinski definition) is 6. The van der Waals surface area contributed by atoms with E-state index in [1.54, 1.807) is 20.1 Å². The molecule has 0 amide bonds. The van der Waals surface area contributed by atoms with Gasteiger partial charge in [0.25, 0.3) is 0 Å². The molecule has 0 aliphatic heterocycles. The summed E-state index contributed by atoms with van der Waals surface area (Å²) in [5.41, 5.74) is 2.04. The standard InChI is InChI=1S/C14H18FN3O3/c1-10-13(18-21-17-10)9-20-14-4-3-12(15)7-11(14)8-16-5-6-19-2/h3-4,7,16H,5-6,8-9H2,1-2H3. The summed E-state index contributed by atoms with van der Waals surface area (Å²) in [6.45, 7) is 3.78. The molecule has 1 heterocycles. The molecule has 0 aliphatic carbocycles. The molecule has 0 unspecified atom stereocenters. The van der Waals surface area contributed by atoms with Gasteiger partial charge in [0.05, 0.1) is 6.61 Å². The van der Waals surface area contributed by atoms with E-state index < -0.39 is 0 Å². The maximum atomic E-state index is 13.4. The third-order valence-electron chi connectivity index (χ3n) is 2.93. The lowest BCUT2D eigenvalue weighted by Gasteiger charge is -2.11. The highest BCUT2D eigenvalue weighted by molar-refractivity contribution is 5.34. The normalized spacial score (nSPS) is 10.8. The highest BCUT2D eigenvalue weighted by Gasteiger charge is 2.09. The van der Waals surface area contributed by atoms with Gasteiger partial charge in [-0.2, -0.15) is 0 Å². The van der Waals surface area contributed by atoms with Crippen molar-refractivity contribution in [3.8, 4) is 5.75 Å². The summed E-state index contributed by atoms with van der Waals surface area (Å²) in [4.78, 5) is 0. The number of rotatable bonds is 8. The van der Waals surface area contributed by atoms with Crippen LogP contribution in [0.2, 0.25) is 0 Å². The number of aromatic nitrogens is 2. The summed E-state index contributed by atoms with van der Waals surface area (Å²) in [5.74, 6) is 0.300. The van der Waals surface area contributed by atoms with Gasteiger partial charge in [-0.3, -0.25) is 0 Å². The number of aryl methyl sites for hydroxylation is 1. The SMILES string of the molecule is COCCNCc1cc(F)ccc1OCc1nonc1C. The van der Waals surface area contributed by atoms with Gasteiger partial charge in [-0.05, 0) is 25.1 Å². The molecule has 2 aromatic rings. The molecule has 1 aromatic heterocycles. The molecule has 1 aromatic carbocycles. The first-order valence-corrected chi connectivity index (χ1v) is 6.59. The molecular weight excluding hydrogens is 277 g/mol. The smallest absolute Gasteiger partial charge is 0.145 e. The van der Waals surface area contributed by atoms with E-state index in [0.717, 1.165) is 5.56 Å². The van der Waals surface area contributed by atoms with E-state index in [9.17, 15) is 4.39 Å². The Morgan fingerprint density at radius 2 is 2.19 bits per heavy atom. The summed E-state index contributed by atoms with van der Waals surface area (Å²) in [6.07, 6.45) is 0. The van der Waals surface area contributed by atoms with Gasteiger partial charge in [0.1, 0.15) is 29.6 Å². The minimum absolute atomic E-state index is 0.228. The zero-order valence-electron chi connectivity index (χ0n) is 12.1. The van der Waals surface area contributed by atoms with Crippen LogP contribution in [0.3, 0.4) is 0 Å². The van der Waals surface area contributed by atoms with Crippen molar-refractivity contribution >= 4 is 0 Å². The lowest BCUT2D eigenvalue weighted by molar-refractivity contribution is 0.199. The highest BCUT2D eigenvalue weighted by Crippen LogP contribution is 2.21. The van der Waals surface area contributed by atoms with Crippen molar-refractivity contribution in [3.63, 3.8) is 0 Å². The first kappa shape index (κ1) is 15.4. The van der Waals surface area contributed by atoms with Gasteiger partial charge in [-0.15, -0.1) is 0 Å². The van der Waals surface area contributed by atoms with E-state index in [0.29, 0.717) is 36.8 Å². The quantitative estimate of drug-likeness (QED) is 0.749. The molecule has 0 radical (unpaired) electrons. The molecule has 21 heavy (non-hydrogen) atoms. The van der Waals surface area contributed by atoms with Crippen LogP contribution in [0.4, 0.5) is 4.39 Å². The van der Waals surface area contributed by atoms with E-state index in [4.69, 9.17) is 9.47 Å². The molecule has 2 rings (SSSR count). The number of hydrogen-bond donors (Lipinski definition) is 1. The first-order chi connectivity index (χ1) is 10.2. The first-order valence-electron chi connectivity index (χ1n) is 6.59. The van der Waals surface area contributed by atoms with Gasteiger partial charge in [0.2, 0.25) is 0 Å². The Kier molecular flexibility index (Phi) is 5.65. The minimum atomic E-state index is -0.301. The van der Waals surface area contributed by atoms with E-state index in [-0.39, 0.29) is 12.4 Å². The fraction of sp³-hybridized carbons (Fsp3) is 0.429.